The number of aliphatic hydroxyl groups excluding tert-OH is 1. The van der Waals surface area contributed by atoms with Gasteiger partial charge in [-0.2, -0.15) is 0 Å². The molecule has 3 aromatic rings. The Kier molecular flexibility index (Phi) is 8.93. The lowest BCUT2D eigenvalue weighted by Gasteiger charge is -2.30. The van der Waals surface area contributed by atoms with E-state index in [0.29, 0.717) is 11.1 Å². The summed E-state index contributed by atoms with van der Waals surface area (Å²) in [5.41, 5.74) is 2.71. The van der Waals surface area contributed by atoms with Crippen molar-refractivity contribution in [1.29, 1.82) is 0 Å². The molecule has 0 saturated carbocycles. The standard InChI is InChI=1S/C31H41NO6/c1-8-31(9-2,17-21-10-13-24(20(3)14-21)37-19-26(33)30(4,5)6)27-16-22-11-12-23(15-25(22)38-27)29(36)32(7)18-28(34)35/h10-16,26,33H,8-9,17-19H2,1-7H3,(H,34,35). The Morgan fingerprint density at radius 2 is 1.74 bits per heavy atom. The van der Waals surface area contributed by atoms with Crippen LogP contribution in [0.5, 0.6) is 5.75 Å². The molecule has 3 rings (SSSR count). The Hall–Kier alpha value is -3.32. The molecule has 1 aromatic heterocycles. The van der Waals surface area contributed by atoms with E-state index >= 15 is 0 Å². The van der Waals surface area contributed by atoms with Crippen LogP contribution in [0.1, 0.15) is 74.7 Å². The summed E-state index contributed by atoms with van der Waals surface area (Å²) in [7, 11) is 1.47. The Balaban J connectivity index is 1.84. The second kappa shape index (κ2) is 11.6. The third-order valence-electron chi connectivity index (χ3n) is 7.54. The molecule has 206 valence electrons. The number of hydrogen-bond donors (Lipinski definition) is 2. The maximum Gasteiger partial charge on any atom is 0.323 e. The predicted molar refractivity (Wildman–Crippen MR) is 149 cm³/mol. The summed E-state index contributed by atoms with van der Waals surface area (Å²) in [6.45, 7) is 12.2. The normalized spacial score (nSPS) is 12.9. The Bertz CT molecular complexity index is 1280. The zero-order chi connectivity index (χ0) is 28.3. The molecule has 2 aromatic carbocycles. The van der Waals surface area contributed by atoms with E-state index in [-0.39, 0.29) is 29.9 Å². The summed E-state index contributed by atoms with van der Waals surface area (Å²) < 4.78 is 12.3. The van der Waals surface area contributed by atoms with Crippen LogP contribution in [0.25, 0.3) is 11.0 Å². The minimum Gasteiger partial charge on any atom is -0.491 e. The Labute approximate surface area is 225 Å². The maximum atomic E-state index is 12.7. The van der Waals surface area contributed by atoms with Crippen molar-refractivity contribution in [2.24, 2.45) is 5.41 Å². The molecule has 38 heavy (non-hydrogen) atoms. The third kappa shape index (κ3) is 6.57. The number of carbonyl (C=O) groups excluding carboxylic acids is 1. The first-order valence-corrected chi connectivity index (χ1v) is 13.2. The highest BCUT2D eigenvalue weighted by Gasteiger charge is 2.33. The van der Waals surface area contributed by atoms with Crippen molar-refractivity contribution in [2.75, 3.05) is 20.2 Å². The van der Waals surface area contributed by atoms with Crippen LogP contribution >= 0.6 is 0 Å². The number of carboxylic acid groups (broad SMARTS) is 1. The van der Waals surface area contributed by atoms with Crippen molar-refractivity contribution in [3.05, 3.63) is 64.9 Å². The number of likely N-dealkylation sites (N-methyl/N-ethyl adjacent to an activating group) is 1. The first-order valence-electron chi connectivity index (χ1n) is 13.2. The number of aryl methyl sites for hydroxylation is 1. The minimum atomic E-state index is -1.06. The van der Waals surface area contributed by atoms with E-state index in [9.17, 15) is 14.7 Å². The molecule has 0 aliphatic heterocycles. The molecule has 7 nitrogen and oxygen atoms in total. The van der Waals surface area contributed by atoms with E-state index in [1.807, 2.05) is 39.8 Å². The lowest BCUT2D eigenvalue weighted by Crippen LogP contribution is -2.32. The summed E-state index contributed by atoms with van der Waals surface area (Å²) in [6, 6.07) is 13.5. The number of aliphatic carboxylic acids is 1. The number of benzene rings is 2. The van der Waals surface area contributed by atoms with Gasteiger partial charge < -0.3 is 24.3 Å². The number of carboxylic acids is 1. The van der Waals surface area contributed by atoms with Crippen molar-refractivity contribution in [3.63, 3.8) is 0 Å². The Morgan fingerprint density at radius 1 is 1.05 bits per heavy atom. The average molecular weight is 524 g/mol. The highest BCUT2D eigenvalue weighted by molar-refractivity contribution is 5.98. The topological polar surface area (TPSA) is 100 Å². The van der Waals surface area contributed by atoms with Gasteiger partial charge in [0, 0.05) is 23.4 Å². The molecule has 1 heterocycles. The van der Waals surface area contributed by atoms with Crippen LogP contribution in [0.3, 0.4) is 0 Å². The van der Waals surface area contributed by atoms with Gasteiger partial charge in [-0.15, -0.1) is 0 Å². The number of furan rings is 1. The molecule has 0 saturated heterocycles. The molecule has 1 unspecified atom stereocenters. The summed E-state index contributed by atoms with van der Waals surface area (Å²) in [4.78, 5) is 24.8. The number of fused-ring (bicyclic) bond motifs is 1. The zero-order valence-electron chi connectivity index (χ0n) is 23.6. The van der Waals surface area contributed by atoms with Crippen LogP contribution in [-0.4, -0.2) is 53.3 Å². The first-order chi connectivity index (χ1) is 17.8. The predicted octanol–water partition coefficient (Wildman–Crippen LogP) is 5.98. The van der Waals surface area contributed by atoms with Crippen LogP contribution in [0, 0.1) is 12.3 Å². The summed E-state index contributed by atoms with van der Waals surface area (Å²) in [5, 5.41) is 20.2. The lowest BCUT2D eigenvalue weighted by molar-refractivity contribution is -0.137. The average Bonchev–Trinajstić information content (AvgIpc) is 3.29. The van der Waals surface area contributed by atoms with Gasteiger partial charge in [0.05, 0.1) is 6.10 Å². The van der Waals surface area contributed by atoms with Crippen LogP contribution < -0.4 is 4.74 Å². The SMILES string of the molecule is CCC(CC)(Cc1ccc(OCC(O)C(C)(C)C)c(C)c1)c1cc2ccc(C(=O)N(C)CC(=O)O)cc2o1. The smallest absolute Gasteiger partial charge is 0.323 e. The third-order valence-corrected chi connectivity index (χ3v) is 7.54. The maximum absolute atomic E-state index is 12.7. The molecule has 1 atom stereocenters. The molecule has 0 aliphatic carbocycles. The van der Waals surface area contributed by atoms with Gasteiger partial charge in [0.1, 0.15) is 30.2 Å². The van der Waals surface area contributed by atoms with Gasteiger partial charge in [0.15, 0.2) is 0 Å². The largest absolute Gasteiger partial charge is 0.491 e. The number of carbonyl (C=O) groups is 2. The van der Waals surface area contributed by atoms with Crippen LogP contribution in [0.15, 0.2) is 46.9 Å². The molecule has 0 radical (unpaired) electrons. The molecule has 0 fully saturated rings. The van der Waals surface area contributed by atoms with Gasteiger partial charge in [0.25, 0.3) is 5.91 Å². The van der Waals surface area contributed by atoms with Crippen molar-refractivity contribution in [3.8, 4) is 5.75 Å². The highest BCUT2D eigenvalue weighted by Crippen LogP contribution is 2.39. The fourth-order valence-electron chi connectivity index (χ4n) is 4.65. The monoisotopic (exact) mass is 523 g/mol. The van der Waals surface area contributed by atoms with Crippen molar-refractivity contribution in [2.45, 2.75) is 72.3 Å². The molecule has 2 N–H and O–H groups in total. The van der Waals surface area contributed by atoms with Crippen LogP contribution in [0.4, 0.5) is 0 Å². The molecule has 0 spiro atoms. The van der Waals surface area contributed by atoms with Crippen molar-refractivity contribution in [1.82, 2.24) is 4.90 Å². The van der Waals surface area contributed by atoms with E-state index in [0.717, 1.165) is 41.7 Å². The summed E-state index contributed by atoms with van der Waals surface area (Å²) in [6.07, 6.45) is 1.95. The fraction of sp³-hybridized carbons (Fsp3) is 0.484. The molecule has 0 bridgehead atoms. The van der Waals surface area contributed by atoms with Crippen molar-refractivity contribution < 1.29 is 29.0 Å². The van der Waals surface area contributed by atoms with Crippen molar-refractivity contribution >= 4 is 22.8 Å². The number of ether oxygens (including phenoxy) is 1. The van der Waals surface area contributed by atoms with Gasteiger partial charge in [-0.05, 0) is 67.0 Å². The number of hydrogen-bond acceptors (Lipinski definition) is 5. The molecule has 1 amide bonds. The zero-order valence-corrected chi connectivity index (χ0v) is 23.6. The minimum absolute atomic E-state index is 0.236. The molecular formula is C31H41NO6. The number of amides is 1. The number of rotatable bonds is 11. The van der Waals surface area contributed by atoms with Crippen LogP contribution in [0.2, 0.25) is 0 Å². The van der Waals surface area contributed by atoms with E-state index < -0.39 is 12.1 Å². The molecule has 0 aliphatic rings. The Morgan fingerprint density at radius 3 is 2.32 bits per heavy atom. The quantitative estimate of drug-likeness (QED) is 0.321. The van der Waals surface area contributed by atoms with Gasteiger partial charge in [-0.25, -0.2) is 0 Å². The van der Waals surface area contributed by atoms with E-state index in [4.69, 9.17) is 14.3 Å². The first kappa shape index (κ1) is 29.2. The lowest BCUT2D eigenvalue weighted by atomic mass is 9.74. The number of aliphatic hydroxyl groups is 1. The van der Waals surface area contributed by atoms with Crippen LogP contribution in [-0.2, 0) is 16.6 Å². The molecule has 7 heteroatoms. The van der Waals surface area contributed by atoms with E-state index in [1.54, 1.807) is 12.1 Å². The van der Waals surface area contributed by atoms with E-state index in [1.165, 1.54) is 17.5 Å². The second-order valence-electron chi connectivity index (χ2n) is 11.4. The second-order valence-corrected chi connectivity index (χ2v) is 11.4. The van der Waals surface area contributed by atoms with E-state index in [2.05, 4.69) is 32.0 Å². The van der Waals surface area contributed by atoms with Gasteiger partial charge in [-0.1, -0.05) is 52.8 Å². The molecular weight excluding hydrogens is 482 g/mol. The van der Waals surface area contributed by atoms with Gasteiger partial charge in [0.2, 0.25) is 0 Å². The highest BCUT2D eigenvalue weighted by atomic mass is 16.5. The van der Waals surface area contributed by atoms with Gasteiger partial charge >= 0.3 is 5.97 Å². The summed E-state index contributed by atoms with van der Waals surface area (Å²) in [5.74, 6) is 0.212. The fourth-order valence-corrected chi connectivity index (χ4v) is 4.65. The number of nitrogens with zero attached hydrogens (tertiary/aromatic N) is 1. The summed E-state index contributed by atoms with van der Waals surface area (Å²) >= 11 is 0. The van der Waals surface area contributed by atoms with Gasteiger partial charge in [-0.3, -0.25) is 9.59 Å².